The fourth-order valence-corrected chi connectivity index (χ4v) is 6.78. The molecule has 0 spiro atoms. The zero-order valence-corrected chi connectivity index (χ0v) is 35.1. The Labute approximate surface area is 329 Å². The molecule has 3 unspecified atom stereocenters. The number of allylic oxidation sites excluding steroid dienone is 7. The fraction of sp³-hybridized carbons (Fsp3) is 0.812. The van der Waals surface area contributed by atoms with Crippen LogP contribution in [0.15, 0.2) is 48.6 Å². The lowest BCUT2D eigenvalue weighted by Crippen LogP contribution is -2.45. The van der Waals surface area contributed by atoms with E-state index >= 15 is 0 Å². The van der Waals surface area contributed by atoms with Crippen molar-refractivity contribution in [1.82, 2.24) is 5.32 Å². The molecule has 53 heavy (non-hydrogen) atoms. The second-order valence-electron chi connectivity index (χ2n) is 15.6. The highest BCUT2D eigenvalue weighted by Gasteiger charge is 2.20. The first kappa shape index (κ1) is 51.3. The average Bonchev–Trinajstić information content (AvgIpc) is 3.15. The third-order valence-corrected chi connectivity index (χ3v) is 10.3. The van der Waals surface area contributed by atoms with Gasteiger partial charge in [0, 0.05) is 0 Å². The fourth-order valence-electron chi connectivity index (χ4n) is 6.78. The molecule has 0 aliphatic carbocycles. The van der Waals surface area contributed by atoms with E-state index in [0.29, 0.717) is 6.42 Å². The van der Waals surface area contributed by atoms with E-state index in [9.17, 15) is 20.1 Å². The van der Waals surface area contributed by atoms with Gasteiger partial charge in [0.1, 0.15) is 0 Å². The molecule has 0 aromatic carbocycles. The van der Waals surface area contributed by atoms with Crippen LogP contribution >= 0.6 is 0 Å². The van der Waals surface area contributed by atoms with Crippen molar-refractivity contribution in [2.45, 2.75) is 244 Å². The number of rotatable bonds is 41. The highest BCUT2D eigenvalue weighted by atomic mass is 16.3. The molecule has 4 N–H and O–H groups in total. The van der Waals surface area contributed by atoms with Gasteiger partial charge in [0.25, 0.3) is 0 Å². The second kappa shape index (κ2) is 43.0. The van der Waals surface area contributed by atoms with Crippen LogP contribution in [0.1, 0.15) is 226 Å². The van der Waals surface area contributed by atoms with Gasteiger partial charge in [-0.05, 0) is 70.6 Å². The van der Waals surface area contributed by atoms with Gasteiger partial charge in [0.15, 0.2) is 0 Å². The molecule has 310 valence electrons. The summed E-state index contributed by atoms with van der Waals surface area (Å²) in [5, 5.41) is 33.2. The predicted molar refractivity (Wildman–Crippen MR) is 231 cm³/mol. The molecule has 5 heteroatoms. The van der Waals surface area contributed by atoms with E-state index in [1.807, 2.05) is 6.08 Å². The lowest BCUT2D eigenvalue weighted by atomic mass is 10.0. The summed E-state index contributed by atoms with van der Waals surface area (Å²) in [4.78, 5) is 12.4. The molecule has 5 nitrogen and oxygen atoms in total. The zero-order chi connectivity index (χ0) is 38.7. The van der Waals surface area contributed by atoms with Crippen LogP contribution in [-0.2, 0) is 4.79 Å². The van der Waals surface area contributed by atoms with E-state index in [4.69, 9.17) is 0 Å². The number of hydrogen-bond donors (Lipinski definition) is 4. The third-order valence-electron chi connectivity index (χ3n) is 10.3. The third kappa shape index (κ3) is 39.8. The van der Waals surface area contributed by atoms with Crippen molar-refractivity contribution in [3.8, 4) is 0 Å². The maximum absolute atomic E-state index is 12.4. The SMILES string of the molecule is CCCCC/C=C/CC/C=C/CC/C=C/C(O)C(CO)NC(=O)CC(O)CCCCCCCCCCC/C=C\CCCCCCCCCCCCCC. The summed E-state index contributed by atoms with van der Waals surface area (Å²) in [6, 6.07) is -0.768. The molecule has 0 aliphatic rings. The van der Waals surface area contributed by atoms with Gasteiger partial charge >= 0.3 is 0 Å². The molecule has 0 aliphatic heterocycles. The number of amides is 1. The maximum Gasteiger partial charge on any atom is 0.222 e. The second-order valence-corrected chi connectivity index (χ2v) is 15.6. The van der Waals surface area contributed by atoms with Crippen LogP contribution in [0.3, 0.4) is 0 Å². The van der Waals surface area contributed by atoms with Crippen molar-refractivity contribution >= 4 is 5.91 Å². The first-order valence-corrected chi connectivity index (χ1v) is 22.9. The van der Waals surface area contributed by atoms with Gasteiger partial charge in [0.05, 0.1) is 31.3 Å². The molecule has 0 heterocycles. The normalized spacial score (nSPS) is 14.0. The predicted octanol–water partition coefficient (Wildman–Crippen LogP) is 13.3. The summed E-state index contributed by atoms with van der Waals surface area (Å²) in [5.74, 6) is -0.332. The van der Waals surface area contributed by atoms with Gasteiger partial charge in [-0.1, -0.05) is 197 Å². The topological polar surface area (TPSA) is 89.8 Å². The molecular formula is C48H89NO4. The number of aliphatic hydroxyl groups excluding tert-OH is 3. The lowest BCUT2D eigenvalue weighted by molar-refractivity contribution is -0.124. The molecule has 0 radical (unpaired) electrons. The molecular weight excluding hydrogens is 655 g/mol. The summed E-state index contributed by atoms with van der Waals surface area (Å²) >= 11 is 0. The molecule has 3 atom stereocenters. The molecule has 0 saturated carbocycles. The number of carbonyl (C=O) groups excluding carboxylic acids is 1. The Morgan fingerprint density at radius 3 is 1.25 bits per heavy atom. The van der Waals surface area contributed by atoms with Crippen LogP contribution in [0.2, 0.25) is 0 Å². The Hall–Kier alpha value is -1.69. The van der Waals surface area contributed by atoms with Crippen LogP contribution in [0.5, 0.6) is 0 Å². The zero-order valence-electron chi connectivity index (χ0n) is 35.1. The van der Waals surface area contributed by atoms with Crippen molar-refractivity contribution in [3.63, 3.8) is 0 Å². The lowest BCUT2D eigenvalue weighted by Gasteiger charge is -2.21. The number of nitrogens with one attached hydrogen (secondary N) is 1. The van der Waals surface area contributed by atoms with E-state index in [1.165, 1.54) is 161 Å². The van der Waals surface area contributed by atoms with E-state index in [0.717, 1.165) is 38.5 Å². The van der Waals surface area contributed by atoms with Crippen molar-refractivity contribution in [3.05, 3.63) is 48.6 Å². The molecule has 0 rings (SSSR count). The molecule has 0 aromatic rings. The Morgan fingerprint density at radius 1 is 0.472 bits per heavy atom. The van der Waals surface area contributed by atoms with Gasteiger partial charge in [-0.2, -0.15) is 0 Å². The van der Waals surface area contributed by atoms with Gasteiger partial charge in [0.2, 0.25) is 5.91 Å². The van der Waals surface area contributed by atoms with E-state index < -0.39 is 18.2 Å². The Bertz CT molecular complexity index is 866. The molecule has 0 bridgehead atoms. The van der Waals surface area contributed by atoms with Crippen LogP contribution in [0.4, 0.5) is 0 Å². The first-order valence-electron chi connectivity index (χ1n) is 22.9. The maximum atomic E-state index is 12.4. The minimum absolute atomic E-state index is 0.000245. The highest BCUT2D eigenvalue weighted by molar-refractivity contribution is 5.76. The van der Waals surface area contributed by atoms with Crippen LogP contribution in [0, 0.1) is 0 Å². The monoisotopic (exact) mass is 744 g/mol. The molecule has 0 saturated heterocycles. The van der Waals surface area contributed by atoms with Gasteiger partial charge in [-0.25, -0.2) is 0 Å². The largest absolute Gasteiger partial charge is 0.394 e. The smallest absolute Gasteiger partial charge is 0.222 e. The summed E-state index contributed by atoms with van der Waals surface area (Å²) < 4.78 is 0. The Kier molecular flexibility index (Phi) is 41.7. The quantitative estimate of drug-likeness (QED) is 0.0371. The van der Waals surface area contributed by atoms with Gasteiger partial charge in [-0.15, -0.1) is 0 Å². The molecule has 1 amide bonds. The standard InChI is InChI=1S/C48H89NO4/c1-3-5-7-9-11-13-15-17-18-19-20-21-22-23-24-25-26-27-28-30-31-33-35-37-39-41-45(51)43-48(53)49-46(44-50)47(52)42-40-38-36-34-32-29-16-14-12-10-8-6-4-2/h12,14,23-24,32,34,40,42,45-47,50-52H,3-11,13,15-22,25-31,33,35-39,41,43-44H2,1-2H3,(H,49,53)/b14-12+,24-23-,34-32+,42-40+. The number of aliphatic hydroxyl groups is 3. The molecule has 0 aromatic heterocycles. The van der Waals surface area contributed by atoms with Crippen LogP contribution in [-0.4, -0.2) is 46.1 Å². The number of hydrogen-bond acceptors (Lipinski definition) is 4. The minimum Gasteiger partial charge on any atom is -0.394 e. The van der Waals surface area contributed by atoms with Crippen LogP contribution < -0.4 is 5.32 Å². The minimum atomic E-state index is -0.960. The first-order chi connectivity index (χ1) is 26.0. The van der Waals surface area contributed by atoms with Crippen molar-refractivity contribution in [2.24, 2.45) is 0 Å². The van der Waals surface area contributed by atoms with E-state index in [2.05, 4.69) is 55.6 Å². The van der Waals surface area contributed by atoms with Crippen molar-refractivity contribution in [1.29, 1.82) is 0 Å². The van der Waals surface area contributed by atoms with Crippen LogP contribution in [0.25, 0.3) is 0 Å². The van der Waals surface area contributed by atoms with Gasteiger partial charge in [-0.3, -0.25) is 4.79 Å². The summed E-state index contributed by atoms with van der Waals surface area (Å²) in [6.07, 6.45) is 55.5. The number of unbranched alkanes of at least 4 members (excludes halogenated alkanes) is 26. The highest BCUT2D eigenvalue weighted by Crippen LogP contribution is 2.15. The summed E-state index contributed by atoms with van der Waals surface area (Å²) in [5.41, 5.74) is 0. The number of carbonyl (C=O) groups is 1. The van der Waals surface area contributed by atoms with E-state index in [1.54, 1.807) is 6.08 Å². The summed E-state index contributed by atoms with van der Waals surface area (Å²) in [6.45, 7) is 4.16. The van der Waals surface area contributed by atoms with E-state index in [-0.39, 0.29) is 18.9 Å². The molecule has 0 fully saturated rings. The Morgan fingerprint density at radius 2 is 0.811 bits per heavy atom. The Balaban J connectivity index is 3.64. The van der Waals surface area contributed by atoms with Crippen molar-refractivity contribution < 1.29 is 20.1 Å². The van der Waals surface area contributed by atoms with Crippen molar-refractivity contribution in [2.75, 3.05) is 6.61 Å². The summed E-state index contributed by atoms with van der Waals surface area (Å²) in [7, 11) is 0. The van der Waals surface area contributed by atoms with Gasteiger partial charge < -0.3 is 20.6 Å². The average molecular weight is 744 g/mol.